The van der Waals surface area contributed by atoms with Gasteiger partial charge < -0.3 is 38.9 Å². The van der Waals surface area contributed by atoms with Crippen molar-refractivity contribution in [3.63, 3.8) is 0 Å². The van der Waals surface area contributed by atoms with Crippen molar-refractivity contribution in [3.05, 3.63) is 0 Å². The van der Waals surface area contributed by atoms with E-state index in [9.17, 15) is 14.4 Å². The Hall–Kier alpha value is -1.88. The number of hydrogen-bond donors (Lipinski definition) is 9. The number of rotatable bonds is 5. The molecule has 0 heterocycles. The monoisotopic (exact) mass is 341 g/mol. The SMILES string of the molecule is N.N.N.O=C(O)CC(O)(CC(=O)O)C(=O)O.O=S(=O)(O)O. The number of carbonyl (C=O) groups is 3. The molecule has 0 atom stereocenters. The van der Waals surface area contributed by atoms with Gasteiger partial charge in [-0.15, -0.1) is 0 Å². The molecule has 0 unspecified atom stereocenters. The Morgan fingerprint density at radius 2 is 1.00 bits per heavy atom. The molecule has 0 aliphatic carbocycles. The first-order chi connectivity index (χ1) is 7.78. The summed E-state index contributed by atoms with van der Waals surface area (Å²) >= 11 is 0. The second-order valence-electron chi connectivity index (χ2n) is 2.93. The zero-order valence-corrected chi connectivity index (χ0v) is 11.5. The maximum Gasteiger partial charge on any atom is 0.394 e. The van der Waals surface area contributed by atoms with Crippen LogP contribution in [0.4, 0.5) is 0 Å². The Morgan fingerprint density at radius 1 is 0.810 bits per heavy atom. The van der Waals surface area contributed by atoms with Gasteiger partial charge in [-0.2, -0.15) is 8.42 Å². The van der Waals surface area contributed by atoms with Crippen molar-refractivity contribution in [3.8, 4) is 0 Å². The second-order valence-corrected chi connectivity index (χ2v) is 3.82. The second kappa shape index (κ2) is 11.9. The molecular formula is C6H19N3O11S. The van der Waals surface area contributed by atoms with E-state index in [1.807, 2.05) is 0 Å². The lowest BCUT2D eigenvalue weighted by Gasteiger charge is -2.18. The van der Waals surface area contributed by atoms with E-state index in [0.717, 1.165) is 0 Å². The van der Waals surface area contributed by atoms with Crippen molar-refractivity contribution in [2.75, 3.05) is 0 Å². The molecule has 0 rings (SSSR count). The van der Waals surface area contributed by atoms with E-state index < -0.39 is 46.7 Å². The summed E-state index contributed by atoms with van der Waals surface area (Å²) in [7, 11) is -4.67. The molecule has 0 aromatic rings. The minimum absolute atomic E-state index is 0. The van der Waals surface area contributed by atoms with Crippen LogP contribution in [-0.4, -0.2) is 61.5 Å². The Balaban J connectivity index is -0.0000000933. The van der Waals surface area contributed by atoms with Gasteiger partial charge in [0.1, 0.15) is 0 Å². The van der Waals surface area contributed by atoms with E-state index >= 15 is 0 Å². The topological polar surface area (TPSA) is 312 Å². The van der Waals surface area contributed by atoms with Crippen molar-refractivity contribution in [2.45, 2.75) is 18.4 Å². The van der Waals surface area contributed by atoms with Crippen molar-refractivity contribution in [1.29, 1.82) is 0 Å². The highest BCUT2D eigenvalue weighted by Gasteiger charge is 2.40. The first kappa shape index (κ1) is 31.5. The van der Waals surface area contributed by atoms with Gasteiger partial charge in [0.2, 0.25) is 0 Å². The average Bonchev–Trinajstić information content (AvgIpc) is 1.95. The van der Waals surface area contributed by atoms with Crippen LogP contribution in [0.3, 0.4) is 0 Å². The normalized spacial score (nSPS) is 9.48. The Bertz CT molecular complexity index is 409. The molecular weight excluding hydrogens is 322 g/mol. The zero-order valence-electron chi connectivity index (χ0n) is 10.7. The van der Waals surface area contributed by atoms with E-state index in [1.54, 1.807) is 0 Å². The van der Waals surface area contributed by atoms with Gasteiger partial charge in [-0.1, -0.05) is 0 Å². The molecule has 0 aliphatic heterocycles. The number of hydrogen-bond acceptors (Lipinski definition) is 9. The molecule has 0 aliphatic rings. The molecule has 0 saturated heterocycles. The van der Waals surface area contributed by atoms with Crippen molar-refractivity contribution < 1.29 is 52.3 Å². The fourth-order valence-electron chi connectivity index (χ4n) is 0.714. The maximum absolute atomic E-state index is 10.3. The lowest BCUT2D eigenvalue weighted by Crippen LogP contribution is -2.42. The number of carboxylic acids is 3. The van der Waals surface area contributed by atoms with Gasteiger partial charge in [-0.25, -0.2) is 4.79 Å². The highest BCUT2D eigenvalue weighted by atomic mass is 32.3. The van der Waals surface area contributed by atoms with Crippen LogP contribution >= 0.6 is 0 Å². The highest BCUT2D eigenvalue weighted by molar-refractivity contribution is 7.79. The quantitative estimate of drug-likeness (QED) is 0.259. The molecule has 0 fully saturated rings. The Morgan fingerprint density at radius 3 is 1.10 bits per heavy atom. The summed E-state index contributed by atoms with van der Waals surface area (Å²) in [5, 5.41) is 33.8. The first-order valence-electron chi connectivity index (χ1n) is 3.87. The number of aliphatic carboxylic acids is 3. The van der Waals surface area contributed by atoms with E-state index in [4.69, 9.17) is 37.9 Å². The summed E-state index contributed by atoms with van der Waals surface area (Å²) < 4.78 is 31.6. The fourth-order valence-corrected chi connectivity index (χ4v) is 0.714. The summed E-state index contributed by atoms with van der Waals surface area (Å²) in [5.74, 6) is -5.02. The smallest absolute Gasteiger partial charge is 0.394 e. The predicted molar refractivity (Wildman–Crippen MR) is 66.3 cm³/mol. The maximum atomic E-state index is 10.3. The summed E-state index contributed by atoms with van der Waals surface area (Å²) in [5.41, 5.74) is -2.74. The molecule has 14 nitrogen and oxygen atoms in total. The molecule has 130 valence electrons. The highest BCUT2D eigenvalue weighted by Crippen LogP contribution is 2.15. The molecule has 15 N–H and O–H groups in total. The summed E-state index contributed by atoms with van der Waals surface area (Å²) in [6.07, 6.45) is -2.29. The van der Waals surface area contributed by atoms with E-state index in [1.165, 1.54) is 0 Å². The number of carboxylic acid groups (broad SMARTS) is 3. The Labute approximate surface area is 118 Å². The molecule has 0 radical (unpaired) electrons. The van der Waals surface area contributed by atoms with Gasteiger partial charge >= 0.3 is 28.3 Å². The minimum Gasteiger partial charge on any atom is -0.481 e. The first-order valence-corrected chi connectivity index (χ1v) is 5.27. The molecule has 0 bridgehead atoms. The van der Waals surface area contributed by atoms with Crippen molar-refractivity contribution in [1.82, 2.24) is 18.5 Å². The molecule has 0 spiro atoms. The van der Waals surface area contributed by atoms with Crippen LogP contribution in [0.5, 0.6) is 0 Å². The van der Waals surface area contributed by atoms with E-state index in [-0.39, 0.29) is 18.5 Å². The van der Waals surface area contributed by atoms with Gasteiger partial charge in [-0.3, -0.25) is 18.7 Å². The summed E-state index contributed by atoms with van der Waals surface area (Å²) in [6, 6.07) is 0. The van der Waals surface area contributed by atoms with Crippen LogP contribution in [0.15, 0.2) is 0 Å². The van der Waals surface area contributed by atoms with Crippen molar-refractivity contribution >= 4 is 28.3 Å². The van der Waals surface area contributed by atoms with Gasteiger partial charge in [0.25, 0.3) is 0 Å². The largest absolute Gasteiger partial charge is 0.481 e. The Kier molecular flexibility index (Phi) is 17.9. The van der Waals surface area contributed by atoms with E-state index in [2.05, 4.69) is 0 Å². The van der Waals surface area contributed by atoms with Crippen LogP contribution in [0.25, 0.3) is 0 Å². The lowest BCUT2D eigenvalue weighted by atomic mass is 9.96. The van der Waals surface area contributed by atoms with Gasteiger partial charge in [0.15, 0.2) is 5.60 Å². The molecule has 0 amide bonds. The van der Waals surface area contributed by atoms with Crippen LogP contribution in [0.1, 0.15) is 12.8 Å². The van der Waals surface area contributed by atoms with Gasteiger partial charge in [0.05, 0.1) is 12.8 Å². The predicted octanol–water partition coefficient (Wildman–Crippen LogP) is -1.42. The summed E-state index contributed by atoms with van der Waals surface area (Å²) in [4.78, 5) is 30.5. The van der Waals surface area contributed by atoms with Gasteiger partial charge in [-0.05, 0) is 0 Å². The average molecular weight is 341 g/mol. The lowest BCUT2D eigenvalue weighted by molar-refractivity contribution is -0.170. The number of aliphatic hydroxyl groups is 1. The van der Waals surface area contributed by atoms with Gasteiger partial charge in [0, 0.05) is 0 Å². The van der Waals surface area contributed by atoms with Crippen LogP contribution in [-0.2, 0) is 24.8 Å². The molecule has 15 heteroatoms. The molecule has 0 saturated carbocycles. The third-order valence-electron chi connectivity index (χ3n) is 1.29. The third-order valence-corrected chi connectivity index (χ3v) is 1.29. The van der Waals surface area contributed by atoms with E-state index in [0.29, 0.717) is 0 Å². The standard InChI is InChI=1S/C6H8O7.3H3N.H2O4S/c7-3(8)1-6(13,5(11)12)2-4(9)10;;;;1-5(2,3)4/h13H,1-2H2,(H,7,8)(H,9,10)(H,11,12);3*1H3;(H2,1,2,3,4). The fraction of sp³-hybridized carbons (Fsp3) is 0.500. The molecule has 0 aromatic heterocycles. The zero-order chi connectivity index (χ0) is 15.1. The van der Waals surface area contributed by atoms with Crippen molar-refractivity contribution in [2.24, 2.45) is 0 Å². The van der Waals surface area contributed by atoms with Crippen LogP contribution in [0, 0.1) is 0 Å². The third kappa shape index (κ3) is 23.6. The summed E-state index contributed by atoms with van der Waals surface area (Å²) in [6.45, 7) is 0. The molecule has 0 aromatic carbocycles. The molecule has 21 heavy (non-hydrogen) atoms. The van der Waals surface area contributed by atoms with Crippen LogP contribution in [0.2, 0.25) is 0 Å². The van der Waals surface area contributed by atoms with Crippen LogP contribution < -0.4 is 18.5 Å². The minimum atomic E-state index is -4.67.